The van der Waals surface area contributed by atoms with Crippen molar-refractivity contribution in [2.24, 2.45) is 0 Å². The molecule has 3 rings (SSSR count). The Bertz CT molecular complexity index is 1040. The van der Waals surface area contributed by atoms with E-state index in [4.69, 9.17) is 0 Å². The Labute approximate surface area is 158 Å². The van der Waals surface area contributed by atoms with Crippen molar-refractivity contribution in [3.63, 3.8) is 0 Å². The molecule has 1 heterocycles. The second-order valence-corrected chi connectivity index (χ2v) is 8.54. The third kappa shape index (κ3) is 4.35. The molecule has 27 heavy (non-hydrogen) atoms. The number of hydrogen-bond acceptors (Lipinski definition) is 4. The van der Waals surface area contributed by atoms with E-state index in [2.05, 4.69) is 10.3 Å². The Balaban J connectivity index is 1.65. The molecular weight excluding hydrogens is 364 g/mol. The second-order valence-electron chi connectivity index (χ2n) is 6.39. The minimum absolute atomic E-state index is 0.0486. The summed E-state index contributed by atoms with van der Waals surface area (Å²) >= 11 is 0. The van der Waals surface area contributed by atoms with Crippen LogP contribution >= 0.6 is 0 Å². The maximum atomic E-state index is 12.2. The molecule has 1 aromatic heterocycles. The quantitative estimate of drug-likeness (QED) is 0.673. The normalized spacial score (nSPS) is 11.8. The number of carbonyl (C=O) groups excluding carboxylic acids is 1. The number of amides is 1. The van der Waals surface area contributed by atoms with E-state index in [1.807, 2.05) is 34.9 Å². The highest BCUT2D eigenvalue weighted by Crippen LogP contribution is 2.20. The van der Waals surface area contributed by atoms with Gasteiger partial charge in [-0.25, -0.2) is 17.7 Å². The van der Waals surface area contributed by atoms with Gasteiger partial charge in [-0.3, -0.25) is 4.79 Å². The van der Waals surface area contributed by atoms with Crippen molar-refractivity contribution in [1.29, 1.82) is 0 Å². The van der Waals surface area contributed by atoms with Crippen molar-refractivity contribution in [2.75, 3.05) is 14.1 Å². The molecule has 0 radical (unpaired) electrons. The molecule has 0 saturated heterocycles. The number of nitrogens with one attached hydrogen (secondary N) is 1. The Kier molecular flexibility index (Phi) is 5.57. The molecule has 1 N–H and O–H groups in total. The Morgan fingerprint density at radius 3 is 2.59 bits per heavy atom. The summed E-state index contributed by atoms with van der Waals surface area (Å²) in [6, 6.07) is 14.6. The van der Waals surface area contributed by atoms with Gasteiger partial charge < -0.3 is 9.88 Å². The van der Waals surface area contributed by atoms with Crippen LogP contribution in [0, 0.1) is 0 Å². The fourth-order valence-corrected chi connectivity index (χ4v) is 3.62. The van der Waals surface area contributed by atoms with Crippen molar-refractivity contribution in [2.45, 2.75) is 24.4 Å². The highest BCUT2D eigenvalue weighted by atomic mass is 32.2. The summed E-state index contributed by atoms with van der Waals surface area (Å²) in [5.41, 5.74) is 2.43. The number of sulfonamides is 1. The van der Waals surface area contributed by atoms with Crippen LogP contribution in [0.2, 0.25) is 0 Å². The highest BCUT2D eigenvalue weighted by molar-refractivity contribution is 7.89. The molecule has 0 aliphatic heterocycles. The third-order valence-electron chi connectivity index (χ3n) is 4.28. The molecular formula is C19H22N4O3S. The van der Waals surface area contributed by atoms with Gasteiger partial charge in [-0.1, -0.05) is 30.3 Å². The molecule has 7 nitrogen and oxygen atoms in total. The Morgan fingerprint density at radius 2 is 1.89 bits per heavy atom. The van der Waals surface area contributed by atoms with Gasteiger partial charge in [0.15, 0.2) is 0 Å². The lowest BCUT2D eigenvalue weighted by Gasteiger charge is -2.11. The van der Waals surface area contributed by atoms with E-state index >= 15 is 0 Å². The number of nitrogens with zero attached hydrogens (tertiary/aromatic N) is 3. The summed E-state index contributed by atoms with van der Waals surface area (Å²) < 4.78 is 27.5. The molecule has 0 aliphatic rings. The number of carbonyl (C=O) groups is 1. The van der Waals surface area contributed by atoms with E-state index in [1.165, 1.54) is 18.4 Å². The number of rotatable bonds is 7. The average Bonchev–Trinajstić information content (AvgIpc) is 3.07. The molecule has 0 saturated carbocycles. The average molecular weight is 386 g/mol. The van der Waals surface area contributed by atoms with Crippen molar-refractivity contribution >= 4 is 27.0 Å². The van der Waals surface area contributed by atoms with Crippen LogP contribution in [0.25, 0.3) is 11.0 Å². The van der Waals surface area contributed by atoms with E-state index in [9.17, 15) is 13.2 Å². The van der Waals surface area contributed by atoms with Gasteiger partial charge >= 0.3 is 0 Å². The lowest BCUT2D eigenvalue weighted by Crippen LogP contribution is -2.23. The summed E-state index contributed by atoms with van der Waals surface area (Å²) in [4.78, 5) is 16.6. The zero-order valence-corrected chi connectivity index (χ0v) is 16.1. The van der Waals surface area contributed by atoms with Crippen LogP contribution < -0.4 is 5.32 Å². The first-order valence-corrected chi connectivity index (χ1v) is 10.00. The molecule has 2 aromatic carbocycles. The van der Waals surface area contributed by atoms with E-state index < -0.39 is 10.0 Å². The topological polar surface area (TPSA) is 84.3 Å². The molecule has 0 aliphatic carbocycles. The number of aryl methyl sites for hydroxylation is 1. The SMILES string of the molecule is CN(C)S(=O)(=O)c1ccc2c(c1)ncn2CCC(=O)NCc1ccccc1. The largest absolute Gasteiger partial charge is 0.352 e. The van der Waals surface area contributed by atoms with E-state index in [-0.39, 0.29) is 10.8 Å². The van der Waals surface area contributed by atoms with E-state index in [0.717, 1.165) is 11.1 Å². The summed E-state index contributed by atoms with van der Waals surface area (Å²) in [6.45, 7) is 0.965. The highest BCUT2D eigenvalue weighted by Gasteiger charge is 2.18. The van der Waals surface area contributed by atoms with Crippen LogP contribution in [0.3, 0.4) is 0 Å². The first-order valence-electron chi connectivity index (χ1n) is 8.56. The van der Waals surface area contributed by atoms with Gasteiger partial charge in [0.05, 0.1) is 22.3 Å². The maximum Gasteiger partial charge on any atom is 0.242 e. The zero-order chi connectivity index (χ0) is 19.4. The molecule has 0 bridgehead atoms. The van der Waals surface area contributed by atoms with Crippen LogP contribution in [0.15, 0.2) is 59.8 Å². The van der Waals surface area contributed by atoms with Crippen LogP contribution in [0.1, 0.15) is 12.0 Å². The van der Waals surface area contributed by atoms with Crippen molar-refractivity contribution in [3.05, 3.63) is 60.4 Å². The van der Waals surface area contributed by atoms with Crippen LogP contribution in [0.4, 0.5) is 0 Å². The molecule has 8 heteroatoms. The number of benzene rings is 2. The van der Waals surface area contributed by atoms with E-state index in [1.54, 1.807) is 24.5 Å². The van der Waals surface area contributed by atoms with Crippen molar-refractivity contribution in [3.8, 4) is 0 Å². The molecule has 142 valence electrons. The van der Waals surface area contributed by atoms with Crippen LogP contribution in [-0.4, -0.2) is 42.3 Å². The lowest BCUT2D eigenvalue weighted by molar-refractivity contribution is -0.121. The Hall–Kier alpha value is -2.71. The number of hydrogen-bond donors (Lipinski definition) is 1. The molecule has 0 spiro atoms. The van der Waals surface area contributed by atoms with Crippen molar-refractivity contribution < 1.29 is 13.2 Å². The summed E-state index contributed by atoms with van der Waals surface area (Å²) in [5, 5.41) is 2.89. The van der Waals surface area contributed by atoms with Crippen LogP contribution in [-0.2, 0) is 27.9 Å². The summed E-state index contributed by atoms with van der Waals surface area (Å²) in [7, 11) is -0.514. The third-order valence-corrected chi connectivity index (χ3v) is 6.09. The van der Waals surface area contributed by atoms with Crippen molar-refractivity contribution in [1.82, 2.24) is 19.2 Å². The first-order chi connectivity index (χ1) is 12.9. The number of aromatic nitrogens is 2. The van der Waals surface area contributed by atoms with Gasteiger partial charge in [0.2, 0.25) is 15.9 Å². The minimum Gasteiger partial charge on any atom is -0.352 e. The second kappa shape index (κ2) is 7.89. The van der Waals surface area contributed by atoms with Gasteiger partial charge in [-0.15, -0.1) is 0 Å². The first kappa shape index (κ1) is 19.1. The summed E-state index contributed by atoms with van der Waals surface area (Å²) in [5.74, 6) is -0.0486. The summed E-state index contributed by atoms with van der Waals surface area (Å²) in [6.07, 6.45) is 1.94. The molecule has 1 amide bonds. The zero-order valence-electron chi connectivity index (χ0n) is 15.3. The lowest BCUT2D eigenvalue weighted by atomic mass is 10.2. The van der Waals surface area contributed by atoms with Gasteiger partial charge in [0, 0.05) is 33.6 Å². The monoisotopic (exact) mass is 386 g/mol. The number of imidazole rings is 1. The van der Waals surface area contributed by atoms with Crippen LogP contribution in [0.5, 0.6) is 0 Å². The van der Waals surface area contributed by atoms with Gasteiger partial charge in [0.25, 0.3) is 0 Å². The molecule has 0 unspecified atom stereocenters. The maximum absolute atomic E-state index is 12.2. The molecule has 0 fully saturated rings. The smallest absolute Gasteiger partial charge is 0.242 e. The minimum atomic E-state index is -3.50. The molecule has 3 aromatic rings. The molecule has 0 atom stereocenters. The van der Waals surface area contributed by atoms with Gasteiger partial charge in [0.1, 0.15) is 0 Å². The predicted octanol–water partition coefficient (Wildman–Crippen LogP) is 1.99. The van der Waals surface area contributed by atoms with E-state index in [0.29, 0.717) is 25.0 Å². The predicted molar refractivity (Wildman–Crippen MR) is 104 cm³/mol. The number of fused-ring (bicyclic) bond motifs is 1. The fourth-order valence-electron chi connectivity index (χ4n) is 2.70. The standard InChI is InChI=1S/C19H22N4O3S/c1-22(2)27(25,26)16-8-9-18-17(12-16)21-14-23(18)11-10-19(24)20-13-15-6-4-3-5-7-15/h3-9,12,14H,10-11,13H2,1-2H3,(H,20,24). The van der Waals surface area contributed by atoms with Gasteiger partial charge in [-0.05, 0) is 23.8 Å². The Morgan fingerprint density at radius 1 is 1.15 bits per heavy atom. The fraction of sp³-hybridized carbons (Fsp3) is 0.263. The van der Waals surface area contributed by atoms with Gasteiger partial charge in [-0.2, -0.15) is 0 Å².